The Hall–Kier alpha value is -4.74. The van der Waals surface area contributed by atoms with E-state index in [1.165, 1.54) is 6.33 Å². The van der Waals surface area contributed by atoms with Crippen molar-refractivity contribution in [1.82, 2.24) is 34.9 Å². The molecular weight excluding hydrogens is 526 g/mol. The summed E-state index contributed by atoms with van der Waals surface area (Å²) >= 11 is 0. The number of carbonyl (C=O) groups excluding carboxylic acids is 3. The molecule has 6 rings (SSSR count). The van der Waals surface area contributed by atoms with E-state index in [1.54, 1.807) is 46.5 Å². The van der Waals surface area contributed by atoms with Crippen molar-refractivity contribution in [3.05, 3.63) is 77.1 Å². The molecule has 2 bridgehead atoms. The van der Waals surface area contributed by atoms with E-state index in [4.69, 9.17) is 9.26 Å². The predicted molar refractivity (Wildman–Crippen MR) is 147 cm³/mol. The van der Waals surface area contributed by atoms with E-state index in [-0.39, 0.29) is 30.2 Å². The Labute approximate surface area is 236 Å². The molecule has 12 nitrogen and oxygen atoms in total. The normalized spacial score (nSPS) is 19.8. The van der Waals surface area contributed by atoms with Gasteiger partial charge >= 0.3 is 0 Å². The van der Waals surface area contributed by atoms with Gasteiger partial charge in [-0.05, 0) is 50.1 Å². The third-order valence-electron chi connectivity index (χ3n) is 7.83. The molecular formula is C29H31N7O5. The SMILES string of the molecule is Cc1noc(C)c1C(=O)N1CCCNC(=O)[C@H]2CN(C(=O)c3ccn4ncnc4c3)C[C@@H]2c2cccc(c2)OCC1. The van der Waals surface area contributed by atoms with Gasteiger partial charge < -0.3 is 24.4 Å². The van der Waals surface area contributed by atoms with Crippen molar-refractivity contribution in [3.63, 3.8) is 0 Å². The van der Waals surface area contributed by atoms with Crippen LogP contribution in [0.5, 0.6) is 5.75 Å². The maximum absolute atomic E-state index is 13.5. The molecule has 1 N–H and O–H groups in total. The lowest BCUT2D eigenvalue weighted by Crippen LogP contribution is -2.39. The first-order valence-electron chi connectivity index (χ1n) is 13.7. The zero-order chi connectivity index (χ0) is 28.5. The van der Waals surface area contributed by atoms with E-state index >= 15 is 0 Å². The summed E-state index contributed by atoms with van der Waals surface area (Å²) in [7, 11) is 0. The van der Waals surface area contributed by atoms with Crippen molar-refractivity contribution in [1.29, 1.82) is 0 Å². The average molecular weight is 558 g/mol. The standard InChI is InChI=1S/C29H31N7O5/c1-18-26(19(2)41-33-18)29(39)34-9-4-8-30-27(37)24-16-35(28(38)21-7-10-36-25(14-21)31-17-32-36)15-23(24)20-5-3-6-22(13-20)40-12-11-34/h3,5-7,10,13-14,17,23-24H,4,8-9,11-12,15-16H2,1-2H3,(H,30,37)/t23-,24+/m1/s1. The molecule has 1 saturated heterocycles. The Bertz CT molecular complexity index is 1590. The van der Waals surface area contributed by atoms with Crippen LogP contribution in [0.3, 0.4) is 0 Å². The molecule has 212 valence electrons. The molecule has 4 aromatic rings. The molecule has 2 aliphatic heterocycles. The van der Waals surface area contributed by atoms with Gasteiger partial charge in [0, 0.05) is 43.9 Å². The van der Waals surface area contributed by atoms with Crippen molar-refractivity contribution < 1.29 is 23.6 Å². The second kappa shape index (κ2) is 11.0. The van der Waals surface area contributed by atoms with Crippen molar-refractivity contribution >= 4 is 23.4 Å². The van der Waals surface area contributed by atoms with Gasteiger partial charge in [-0.15, -0.1) is 0 Å². The molecule has 3 aromatic heterocycles. The largest absolute Gasteiger partial charge is 0.492 e. The van der Waals surface area contributed by atoms with E-state index in [1.807, 2.05) is 24.3 Å². The molecule has 0 radical (unpaired) electrons. The first-order valence-corrected chi connectivity index (χ1v) is 13.7. The second-order valence-corrected chi connectivity index (χ2v) is 10.5. The van der Waals surface area contributed by atoms with E-state index in [0.717, 1.165) is 5.56 Å². The number of hydrogen-bond donors (Lipinski definition) is 1. The number of pyridine rings is 1. The van der Waals surface area contributed by atoms with Gasteiger partial charge in [0.05, 0.1) is 18.2 Å². The Morgan fingerprint density at radius 2 is 1.88 bits per heavy atom. The topological polar surface area (TPSA) is 135 Å². The lowest BCUT2D eigenvalue weighted by Gasteiger charge is -2.24. The zero-order valence-corrected chi connectivity index (χ0v) is 22.9. The number of aryl methyl sites for hydroxylation is 2. The van der Waals surface area contributed by atoms with Gasteiger partial charge in [0.1, 0.15) is 30.0 Å². The van der Waals surface area contributed by atoms with Crippen LogP contribution in [0, 0.1) is 19.8 Å². The van der Waals surface area contributed by atoms with Crippen LogP contribution >= 0.6 is 0 Å². The first-order chi connectivity index (χ1) is 19.9. The summed E-state index contributed by atoms with van der Waals surface area (Å²) in [5.74, 6) is 0.0343. The van der Waals surface area contributed by atoms with Crippen LogP contribution in [0.2, 0.25) is 0 Å². The summed E-state index contributed by atoms with van der Waals surface area (Å²) in [6, 6.07) is 11.1. The van der Waals surface area contributed by atoms with Crippen LogP contribution in [-0.4, -0.2) is 86.6 Å². The lowest BCUT2D eigenvalue weighted by molar-refractivity contribution is -0.124. The number of nitrogens with one attached hydrogen (secondary N) is 1. The van der Waals surface area contributed by atoms with Crippen LogP contribution in [0.4, 0.5) is 0 Å². The highest BCUT2D eigenvalue weighted by Crippen LogP contribution is 2.35. The fourth-order valence-corrected chi connectivity index (χ4v) is 5.69. The van der Waals surface area contributed by atoms with E-state index < -0.39 is 5.92 Å². The molecule has 0 spiro atoms. The fraction of sp³-hybridized carbons (Fsp3) is 0.379. The molecule has 1 aromatic carbocycles. The number of fused-ring (bicyclic) bond motifs is 5. The molecule has 0 unspecified atom stereocenters. The summed E-state index contributed by atoms with van der Waals surface area (Å²) in [6.45, 7) is 5.64. The van der Waals surface area contributed by atoms with Crippen LogP contribution < -0.4 is 10.1 Å². The monoisotopic (exact) mass is 557 g/mol. The smallest absolute Gasteiger partial charge is 0.259 e. The molecule has 3 amide bonds. The van der Waals surface area contributed by atoms with E-state index in [0.29, 0.717) is 73.2 Å². The molecule has 0 aliphatic carbocycles. The highest BCUT2D eigenvalue weighted by molar-refractivity contribution is 5.96. The van der Waals surface area contributed by atoms with Gasteiger partial charge in [-0.2, -0.15) is 5.10 Å². The third kappa shape index (κ3) is 5.24. The summed E-state index contributed by atoms with van der Waals surface area (Å²) < 4.78 is 12.9. The maximum atomic E-state index is 13.5. The van der Waals surface area contributed by atoms with Gasteiger partial charge in [-0.25, -0.2) is 9.50 Å². The molecule has 2 aliphatic rings. The number of carbonyl (C=O) groups is 3. The number of nitrogens with zero attached hydrogens (tertiary/aromatic N) is 6. The van der Waals surface area contributed by atoms with E-state index in [9.17, 15) is 14.4 Å². The van der Waals surface area contributed by atoms with Crippen LogP contribution in [-0.2, 0) is 4.79 Å². The molecule has 12 heteroatoms. The Morgan fingerprint density at radius 3 is 2.71 bits per heavy atom. The van der Waals surface area contributed by atoms with Gasteiger partial charge in [0.25, 0.3) is 11.8 Å². The van der Waals surface area contributed by atoms with Crippen LogP contribution in [0.15, 0.2) is 53.4 Å². The van der Waals surface area contributed by atoms with Crippen LogP contribution in [0.1, 0.15) is 50.1 Å². The fourth-order valence-electron chi connectivity index (χ4n) is 5.69. The number of benzene rings is 1. The number of hydrogen-bond acceptors (Lipinski definition) is 8. The average Bonchev–Trinajstić information content (AvgIpc) is 3.71. The molecule has 41 heavy (non-hydrogen) atoms. The third-order valence-corrected chi connectivity index (χ3v) is 7.83. The lowest BCUT2D eigenvalue weighted by atomic mass is 9.88. The molecule has 0 saturated carbocycles. The maximum Gasteiger partial charge on any atom is 0.259 e. The van der Waals surface area contributed by atoms with Crippen molar-refractivity contribution in [2.75, 3.05) is 39.3 Å². The Kier molecular flexibility index (Phi) is 7.12. The molecule has 1 fully saturated rings. The Morgan fingerprint density at radius 1 is 1.02 bits per heavy atom. The minimum Gasteiger partial charge on any atom is -0.492 e. The number of ether oxygens (including phenoxy) is 1. The summed E-state index contributed by atoms with van der Waals surface area (Å²) in [5.41, 5.74) is 3.00. The second-order valence-electron chi connectivity index (χ2n) is 10.5. The van der Waals surface area contributed by atoms with Gasteiger partial charge in [0.15, 0.2) is 5.65 Å². The summed E-state index contributed by atoms with van der Waals surface area (Å²) in [6.07, 6.45) is 3.70. The Balaban J connectivity index is 1.23. The summed E-state index contributed by atoms with van der Waals surface area (Å²) in [4.78, 5) is 48.0. The molecule has 2 atom stereocenters. The number of rotatable bonds is 2. The minimum absolute atomic E-state index is 0.120. The first kappa shape index (κ1) is 26.5. The van der Waals surface area contributed by atoms with Crippen molar-refractivity contribution in [3.8, 4) is 5.75 Å². The number of likely N-dealkylation sites (tertiary alicyclic amines) is 1. The van der Waals surface area contributed by atoms with Crippen LogP contribution in [0.25, 0.3) is 5.65 Å². The zero-order valence-electron chi connectivity index (χ0n) is 22.9. The van der Waals surface area contributed by atoms with Gasteiger partial charge in [0.2, 0.25) is 5.91 Å². The van der Waals surface area contributed by atoms with Gasteiger partial charge in [-0.3, -0.25) is 14.4 Å². The predicted octanol–water partition coefficient (Wildman–Crippen LogP) is 2.23. The number of amides is 3. The van der Waals surface area contributed by atoms with E-state index in [2.05, 4.69) is 20.6 Å². The highest BCUT2D eigenvalue weighted by atomic mass is 16.5. The number of aromatic nitrogens is 4. The molecule has 5 heterocycles. The minimum atomic E-state index is -0.436. The highest BCUT2D eigenvalue weighted by Gasteiger charge is 2.41. The van der Waals surface area contributed by atoms with Gasteiger partial charge in [-0.1, -0.05) is 17.3 Å². The van der Waals surface area contributed by atoms with Crippen molar-refractivity contribution in [2.24, 2.45) is 5.92 Å². The quantitative estimate of drug-likeness (QED) is 0.397. The van der Waals surface area contributed by atoms with Crippen molar-refractivity contribution in [2.45, 2.75) is 26.2 Å². The summed E-state index contributed by atoms with van der Waals surface area (Å²) in [5, 5.41) is 11.1.